The minimum absolute atomic E-state index is 0.0563. The van der Waals surface area contributed by atoms with Crippen LogP contribution in [0.2, 0.25) is 0 Å². The lowest BCUT2D eigenvalue weighted by molar-refractivity contribution is -0.119. The van der Waals surface area contributed by atoms with Crippen molar-refractivity contribution in [3.63, 3.8) is 0 Å². The lowest BCUT2D eigenvalue weighted by Gasteiger charge is -2.32. The van der Waals surface area contributed by atoms with Crippen molar-refractivity contribution in [3.8, 4) is 11.5 Å². The summed E-state index contributed by atoms with van der Waals surface area (Å²) in [5.41, 5.74) is 0.873. The number of carbonyl (C=O) groups excluding carboxylic acids is 2. The van der Waals surface area contributed by atoms with E-state index in [1.54, 1.807) is 34.1 Å². The molecule has 2 amide bonds. The van der Waals surface area contributed by atoms with Gasteiger partial charge in [-0.2, -0.15) is 0 Å². The summed E-state index contributed by atoms with van der Waals surface area (Å²) in [5.74, 6) is 0.594. The van der Waals surface area contributed by atoms with Crippen LogP contribution in [0, 0.1) is 0 Å². The third kappa shape index (κ3) is 4.58. The predicted molar refractivity (Wildman–Crippen MR) is 115 cm³/mol. The average molecular weight is 448 g/mol. The van der Waals surface area contributed by atoms with Crippen molar-refractivity contribution in [2.75, 3.05) is 51.8 Å². The maximum atomic E-state index is 13.0. The van der Waals surface area contributed by atoms with Crippen molar-refractivity contribution in [2.45, 2.75) is 4.90 Å². The van der Waals surface area contributed by atoms with Crippen LogP contribution in [0.5, 0.6) is 11.5 Å². The number of piperazine rings is 1. The van der Waals surface area contributed by atoms with E-state index >= 15 is 0 Å². The zero-order valence-electron chi connectivity index (χ0n) is 17.6. The van der Waals surface area contributed by atoms with Crippen molar-refractivity contribution >= 4 is 28.0 Å². The highest BCUT2D eigenvalue weighted by molar-refractivity contribution is 7.92. The molecular formula is C21H25N3O6S. The third-order valence-electron chi connectivity index (χ3n) is 5.24. The molecule has 0 radical (unpaired) electrons. The Morgan fingerprint density at radius 1 is 0.968 bits per heavy atom. The van der Waals surface area contributed by atoms with Crippen LogP contribution in [0.1, 0.15) is 10.4 Å². The molecule has 1 heterocycles. The molecule has 0 atom stereocenters. The zero-order chi connectivity index (χ0) is 22.6. The van der Waals surface area contributed by atoms with Crippen LogP contribution < -0.4 is 13.8 Å². The molecule has 9 nitrogen and oxygen atoms in total. The van der Waals surface area contributed by atoms with Crippen molar-refractivity contribution in [1.29, 1.82) is 0 Å². The molecule has 3 rings (SSSR count). The van der Waals surface area contributed by atoms with E-state index in [0.29, 0.717) is 48.9 Å². The maximum Gasteiger partial charge on any atom is 0.264 e. The minimum Gasteiger partial charge on any atom is -0.493 e. The largest absolute Gasteiger partial charge is 0.493 e. The molecule has 0 aromatic heterocycles. The van der Waals surface area contributed by atoms with Crippen LogP contribution in [-0.2, 0) is 14.8 Å². The molecule has 0 aliphatic carbocycles. The van der Waals surface area contributed by atoms with Gasteiger partial charge in [-0.15, -0.1) is 0 Å². The van der Waals surface area contributed by atoms with Gasteiger partial charge in [0.25, 0.3) is 15.9 Å². The normalized spacial score (nSPS) is 14.2. The number of rotatable bonds is 7. The van der Waals surface area contributed by atoms with Gasteiger partial charge in [-0.25, -0.2) is 8.42 Å². The van der Waals surface area contributed by atoms with Gasteiger partial charge in [0.15, 0.2) is 11.5 Å². The summed E-state index contributed by atoms with van der Waals surface area (Å²) in [6.45, 7) is 1.93. The number of carbonyl (C=O) groups is 2. The highest BCUT2D eigenvalue weighted by Gasteiger charge is 2.25. The second-order valence-electron chi connectivity index (χ2n) is 6.97. The van der Waals surface area contributed by atoms with Crippen LogP contribution in [0.15, 0.2) is 47.4 Å². The minimum atomic E-state index is -3.85. The van der Waals surface area contributed by atoms with Crippen molar-refractivity contribution in [1.82, 2.24) is 9.80 Å². The van der Waals surface area contributed by atoms with E-state index in [4.69, 9.17) is 9.47 Å². The van der Waals surface area contributed by atoms with Gasteiger partial charge in [-0.3, -0.25) is 13.9 Å². The highest BCUT2D eigenvalue weighted by Crippen LogP contribution is 2.31. The van der Waals surface area contributed by atoms with Gasteiger partial charge >= 0.3 is 0 Å². The number of hydrogen-bond donors (Lipinski definition) is 0. The van der Waals surface area contributed by atoms with Gasteiger partial charge in [-0.1, -0.05) is 0 Å². The summed E-state index contributed by atoms with van der Waals surface area (Å²) in [5, 5.41) is 0. The number of hydrogen-bond acceptors (Lipinski definition) is 6. The first-order valence-corrected chi connectivity index (χ1v) is 11.1. The monoisotopic (exact) mass is 447 g/mol. The number of anilines is 1. The first-order chi connectivity index (χ1) is 14.8. The summed E-state index contributed by atoms with van der Waals surface area (Å²) < 4.78 is 37.6. The van der Waals surface area contributed by atoms with Crippen LogP contribution in [0.3, 0.4) is 0 Å². The molecule has 0 saturated carbocycles. The average Bonchev–Trinajstić information content (AvgIpc) is 2.82. The standard InChI is InChI=1S/C21H25N3O6S/c1-22(31(27,28)18-8-9-19(29-2)20(14-18)30-3)17-6-4-16(5-7-17)21(26)24-12-10-23(15-25)11-13-24/h4-9,14-15H,10-13H2,1-3H3. The Kier molecular flexibility index (Phi) is 6.69. The topological polar surface area (TPSA) is 96.5 Å². The number of ether oxygens (including phenoxy) is 2. The molecule has 1 saturated heterocycles. The van der Waals surface area contributed by atoms with Crippen molar-refractivity contribution in [2.24, 2.45) is 0 Å². The van der Waals surface area contributed by atoms with E-state index in [1.165, 1.54) is 39.5 Å². The Morgan fingerprint density at radius 2 is 1.58 bits per heavy atom. The van der Waals surface area contributed by atoms with E-state index in [-0.39, 0.29) is 10.8 Å². The fourth-order valence-corrected chi connectivity index (χ4v) is 4.51. The zero-order valence-corrected chi connectivity index (χ0v) is 18.5. The molecule has 1 aliphatic rings. The third-order valence-corrected chi connectivity index (χ3v) is 7.02. The van der Waals surface area contributed by atoms with Gasteiger partial charge in [0.1, 0.15) is 0 Å². The summed E-state index contributed by atoms with van der Waals surface area (Å²) in [6, 6.07) is 10.8. The van der Waals surface area contributed by atoms with Gasteiger partial charge in [0.05, 0.1) is 24.8 Å². The molecule has 2 aromatic carbocycles. The molecule has 166 valence electrons. The Labute approximate surface area is 181 Å². The van der Waals surface area contributed by atoms with Gasteiger partial charge < -0.3 is 19.3 Å². The summed E-state index contributed by atoms with van der Waals surface area (Å²) in [4.78, 5) is 26.9. The van der Waals surface area contributed by atoms with E-state index < -0.39 is 10.0 Å². The second kappa shape index (κ2) is 9.25. The van der Waals surface area contributed by atoms with Crippen LogP contribution in [0.4, 0.5) is 5.69 Å². The lowest BCUT2D eigenvalue weighted by Crippen LogP contribution is -2.48. The van der Waals surface area contributed by atoms with Crippen LogP contribution >= 0.6 is 0 Å². The Balaban J connectivity index is 1.77. The van der Waals surface area contributed by atoms with Crippen molar-refractivity contribution in [3.05, 3.63) is 48.0 Å². The van der Waals surface area contributed by atoms with Crippen LogP contribution in [0.25, 0.3) is 0 Å². The molecule has 0 unspecified atom stereocenters. The predicted octanol–water partition coefficient (Wildman–Crippen LogP) is 1.44. The van der Waals surface area contributed by atoms with E-state index in [9.17, 15) is 18.0 Å². The Hall–Kier alpha value is -3.27. The summed E-state index contributed by atoms with van der Waals surface area (Å²) >= 11 is 0. The molecular weight excluding hydrogens is 422 g/mol. The molecule has 1 fully saturated rings. The molecule has 31 heavy (non-hydrogen) atoms. The first-order valence-electron chi connectivity index (χ1n) is 9.61. The molecule has 10 heteroatoms. The molecule has 1 aliphatic heterocycles. The maximum absolute atomic E-state index is 13.0. The van der Waals surface area contributed by atoms with E-state index in [2.05, 4.69) is 0 Å². The number of methoxy groups -OCH3 is 2. The summed E-state index contributed by atoms with van der Waals surface area (Å²) in [6.07, 6.45) is 0.783. The fraction of sp³-hybridized carbons (Fsp3) is 0.333. The smallest absolute Gasteiger partial charge is 0.264 e. The number of sulfonamides is 1. The highest BCUT2D eigenvalue weighted by atomic mass is 32.2. The van der Waals surface area contributed by atoms with Gasteiger partial charge in [0.2, 0.25) is 6.41 Å². The van der Waals surface area contributed by atoms with Crippen LogP contribution in [-0.4, -0.2) is 78.0 Å². The second-order valence-corrected chi connectivity index (χ2v) is 8.94. The fourth-order valence-electron chi connectivity index (χ4n) is 3.30. The summed E-state index contributed by atoms with van der Waals surface area (Å²) in [7, 11) is 0.510. The first kappa shape index (κ1) is 22.4. The molecule has 0 spiro atoms. The molecule has 0 N–H and O–H groups in total. The Bertz CT molecular complexity index is 1050. The van der Waals surface area contributed by atoms with E-state index in [1.807, 2.05) is 0 Å². The SMILES string of the molecule is COc1ccc(S(=O)(=O)N(C)c2ccc(C(=O)N3CCN(C=O)CC3)cc2)cc1OC. The Morgan fingerprint density at radius 3 is 2.13 bits per heavy atom. The van der Waals surface area contributed by atoms with E-state index in [0.717, 1.165) is 10.7 Å². The number of amides is 2. The number of benzene rings is 2. The lowest BCUT2D eigenvalue weighted by atomic mass is 10.1. The quantitative estimate of drug-likeness (QED) is 0.596. The van der Waals surface area contributed by atoms with Gasteiger partial charge in [-0.05, 0) is 36.4 Å². The molecule has 0 bridgehead atoms. The van der Waals surface area contributed by atoms with Gasteiger partial charge in [0, 0.05) is 44.9 Å². The molecule has 2 aromatic rings. The van der Waals surface area contributed by atoms with Crippen molar-refractivity contribution < 1.29 is 27.5 Å². The number of nitrogens with zero attached hydrogens (tertiary/aromatic N) is 3.